The van der Waals surface area contributed by atoms with Gasteiger partial charge in [-0.25, -0.2) is 0 Å². The molecule has 2 N–H and O–H groups in total. The van der Waals surface area contributed by atoms with Gasteiger partial charge in [0.05, 0.1) is 12.9 Å². The quantitative estimate of drug-likeness (QED) is 0.849. The van der Waals surface area contributed by atoms with E-state index in [2.05, 4.69) is 6.92 Å². The summed E-state index contributed by atoms with van der Waals surface area (Å²) in [4.78, 5) is 15.3. The maximum Gasteiger partial charge on any atom is 0.232 e. The first-order valence-electron chi connectivity index (χ1n) is 7.40. The second-order valence-electron chi connectivity index (χ2n) is 5.54. The van der Waals surface area contributed by atoms with Crippen molar-refractivity contribution in [2.75, 3.05) is 26.0 Å². The van der Waals surface area contributed by atoms with E-state index in [0.29, 0.717) is 11.7 Å². The van der Waals surface area contributed by atoms with Gasteiger partial charge in [0.25, 0.3) is 0 Å². The number of rotatable bonds is 5. The summed E-state index contributed by atoms with van der Waals surface area (Å²) in [5, 5.41) is 0. The first-order chi connectivity index (χ1) is 10.1. The summed E-state index contributed by atoms with van der Waals surface area (Å²) in [5.74, 6) is 2.08. The summed E-state index contributed by atoms with van der Waals surface area (Å²) in [6.45, 7) is 3.73. The third-order valence-corrected chi connectivity index (χ3v) is 5.02. The summed E-state index contributed by atoms with van der Waals surface area (Å²) in [6, 6.07) is 8.04. The van der Waals surface area contributed by atoms with Gasteiger partial charge in [-0.05, 0) is 43.9 Å². The molecule has 0 aromatic heterocycles. The number of amides is 1. The number of piperidine rings is 1. The Labute approximate surface area is 131 Å². The average molecular weight is 308 g/mol. The van der Waals surface area contributed by atoms with Gasteiger partial charge in [-0.15, -0.1) is 11.8 Å². The van der Waals surface area contributed by atoms with E-state index in [0.717, 1.165) is 36.6 Å². The van der Waals surface area contributed by atoms with Crippen LogP contribution in [0.4, 0.5) is 0 Å². The lowest BCUT2D eigenvalue weighted by Crippen LogP contribution is -2.43. The zero-order valence-corrected chi connectivity index (χ0v) is 13.6. The third-order valence-electron chi connectivity index (χ3n) is 4.04. The van der Waals surface area contributed by atoms with E-state index in [1.54, 1.807) is 18.9 Å². The van der Waals surface area contributed by atoms with Crippen LogP contribution in [0.1, 0.15) is 19.8 Å². The van der Waals surface area contributed by atoms with E-state index in [-0.39, 0.29) is 11.9 Å². The molecule has 0 radical (unpaired) electrons. The Balaban J connectivity index is 1.80. The van der Waals surface area contributed by atoms with Crippen molar-refractivity contribution in [3.8, 4) is 5.75 Å². The summed E-state index contributed by atoms with van der Waals surface area (Å²) >= 11 is 1.56. The number of benzene rings is 1. The molecule has 1 fully saturated rings. The molecule has 0 spiro atoms. The summed E-state index contributed by atoms with van der Waals surface area (Å²) in [6.07, 6.45) is 2.04. The van der Waals surface area contributed by atoms with Gasteiger partial charge < -0.3 is 15.4 Å². The normalized spacial score (nSPS) is 17.6. The van der Waals surface area contributed by atoms with Crippen molar-refractivity contribution in [2.45, 2.75) is 30.7 Å². The fourth-order valence-corrected chi connectivity index (χ4v) is 3.45. The minimum Gasteiger partial charge on any atom is -0.497 e. The highest BCUT2D eigenvalue weighted by Gasteiger charge is 2.24. The second-order valence-corrected chi connectivity index (χ2v) is 6.59. The minimum absolute atomic E-state index is 0.214. The molecule has 1 aromatic carbocycles. The maximum absolute atomic E-state index is 12.2. The Kier molecular flexibility index (Phi) is 5.94. The Morgan fingerprint density at radius 3 is 2.81 bits per heavy atom. The van der Waals surface area contributed by atoms with Crippen LogP contribution >= 0.6 is 11.8 Å². The van der Waals surface area contributed by atoms with Crippen LogP contribution in [0.25, 0.3) is 0 Å². The van der Waals surface area contributed by atoms with Crippen LogP contribution in [0.2, 0.25) is 0 Å². The van der Waals surface area contributed by atoms with Gasteiger partial charge in [0.1, 0.15) is 5.75 Å². The van der Waals surface area contributed by atoms with Crippen LogP contribution in [-0.2, 0) is 4.79 Å². The first kappa shape index (κ1) is 16.2. The maximum atomic E-state index is 12.2. The fraction of sp³-hybridized carbons (Fsp3) is 0.562. The predicted molar refractivity (Wildman–Crippen MR) is 86.7 cm³/mol. The number of carbonyl (C=O) groups excluding carboxylic acids is 1. The van der Waals surface area contributed by atoms with Crippen molar-refractivity contribution in [3.63, 3.8) is 0 Å². The number of likely N-dealkylation sites (tertiary alicyclic amines) is 1. The largest absolute Gasteiger partial charge is 0.497 e. The zero-order valence-electron chi connectivity index (χ0n) is 12.7. The van der Waals surface area contributed by atoms with Crippen LogP contribution in [0, 0.1) is 5.92 Å². The lowest BCUT2D eigenvalue weighted by atomic mass is 9.91. The molecule has 1 atom stereocenters. The van der Waals surface area contributed by atoms with Crippen molar-refractivity contribution in [2.24, 2.45) is 11.7 Å². The number of nitrogens with zero attached hydrogens (tertiary/aromatic N) is 1. The van der Waals surface area contributed by atoms with Crippen LogP contribution in [0.3, 0.4) is 0 Å². The smallest absolute Gasteiger partial charge is 0.232 e. The topological polar surface area (TPSA) is 55.6 Å². The molecular formula is C16H24N2O2S. The number of nitrogens with two attached hydrogens (primary N) is 1. The SMILES string of the molecule is COc1cccc(SCC(=O)N2CCC(C(C)N)CC2)c1. The zero-order chi connectivity index (χ0) is 15.2. The lowest BCUT2D eigenvalue weighted by molar-refractivity contribution is -0.129. The minimum atomic E-state index is 0.214. The highest BCUT2D eigenvalue weighted by Crippen LogP contribution is 2.24. The van der Waals surface area contributed by atoms with E-state index in [1.165, 1.54) is 0 Å². The molecule has 1 amide bonds. The highest BCUT2D eigenvalue weighted by atomic mass is 32.2. The summed E-state index contributed by atoms with van der Waals surface area (Å²) in [7, 11) is 1.65. The van der Waals surface area contributed by atoms with E-state index in [4.69, 9.17) is 10.5 Å². The van der Waals surface area contributed by atoms with E-state index in [9.17, 15) is 4.79 Å². The molecule has 1 aliphatic rings. The summed E-state index contributed by atoms with van der Waals surface area (Å²) < 4.78 is 5.19. The number of methoxy groups -OCH3 is 1. The van der Waals surface area contributed by atoms with Gasteiger partial charge in [0.15, 0.2) is 0 Å². The Morgan fingerprint density at radius 2 is 2.19 bits per heavy atom. The number of ether oxygens (including phenoxy) is 1. The first-order valence-corrected chi connectivity index (χ1v) is 8.39. The molecule has 1 saturated heterocycles. The highest BCUT2D eigenvalue weighted by molar-refractivity contribution is 8.00. The van der Waals surface area contributed by atoms with Crippen LogP contribution in [-0.4, -0.2) is 42.8 Å². The van der Waals surface area contributed by atoms with Crippen molar-refractivity contribution in [3.05, 3.63) is 24.3 Å². The van der Waals surface area contributed by atoms with Gasteiger partial charge in [-0.2, -0.15) is 0 Å². The number of carbonyl (C=O) groups is 1. The van der Waals surface area contributed by atoms with Crippen LogP contribution in [0.15, 0.2) is 29.2 Å². The van der Waals surface area contributed by atoms with Crippen molar-refractivity contribution >= 4 is 17.7 Å². The molecular weight excluding hydrogens is 284 g/mol. The molecule has 1 heterocycles. The van der Waals surface area contributed by atoms with E-state index in [1.807, 2.05) is 29.2 Å². The van der Waals surface area contributed by atoms with Gasteiger partial charge in [-0.3, -0.25) is 4.79 Å². The van der Waals surface area contributed by atoms with Gasteiger partial charge >= 0.3 is 0 Å². The number of hydrogen-bond acceptors (Lipinski definition) is 4. The van der Waals surface area contributed by atoms with Crippen molar-refractivity contribution < 1.29 is 9.53 Å². The molecule has 21 heavy (non-hydrogen) atoms. The average Bonchev–Trinajstić information content (AvgIpc) is 2.53. The standard InChI is InChI=1S/C16H24N2O2S/c1-12(17)13-6-8-18(9-7-13)16(19)11-21-15-5-3-4-14(10-15)20-2/h3-5,10,12-13H,6-9,11,17H2,1-2H3. The molecule has 0 aliphatic carbocycles. The molecule has 0 bridgehead atoms. The Bertz CT molecular complexity index is 471. The van der Waals surface area contributed by atoms with Crippen LogP contribution < -0.4 is 10.5 Å². The predicted octanol–water partition coefficient (Wildman–Crippen LogP) is 2.37. The molecule has 116 valence electrons. The lowest BCUT2D eigenvalue weighted by Gasteiger charge is -2.33. The molecule has 1 aromatic rings. The molecule has 0 saturated carbocycles. The Morgan fingerprint density at radius 1 is 1.48 bits per heavy atom. The third kappa shape index (κ3) is 4.64. The Hall–Kier alpha value is -1.20. The van der Waals surface area contributed by atoms with Gasteiger partial charge in [0.2, 0.25) is 5.91 Å². The van der Waals surface area contributed by atoms with Gasteiger partial charge in [0, 0.05) is 24.0 Å². The molecule has 4 nitrogen and oxygen atoms in total. The fourth-order valence-electron chi connectivity index (χ4n) is 2.60. The number of thioether (sulfide) groups is 1. The summed E-state index contributed by atoms with van der Waals surface area (Å²) in [5.41, 5.74) is 5.93. The van der Waals surface area contributed by atoms with E-state index < -0.39 is 0 Å². The monoisotopic (exact) mass is 308 g/mol. The molecule has 1 unspecified atom stereocenters. The second kappa shape index (κ2) is 7.71. The molecule has 1 aliphatic heterocycles. The van der Waals surface area contributed by atoms with E-state index >= 15 is 0 Å². The molecule has 2 rings (SSSR count). The van der Waals surface area contributed by atoms with Crippen molar-refractivity contribution in [1.82, 2.24) is 4.90 Å². The van der Waals surface area contributed by atoms with Crippen molar-refractivity contribution in [1.29, 1.82) is 0 Å². The number of hydrogen-bond donors (Lipinski definition) is 1. The van der Waals surface area contributed by atoms with Crippen LogP contribution in [0.5, 0.6) is 5.75 Å². The van der Waals surface area contributed by atoms with Gasteiger partial charge in [-0.1, -0.05) is 6.07 Å². The molecule has 5 heteroatoms.